The molecule has 9 heteroatoms. The Morgan fingerprint density at radius 3 is 2.50 bits per heavy atom. The van der Waals surface area contributed by atoms with Crippen LogP contribution in [0.2, 0.25) is 10.0 Å². The lowest BCUT2D eigenvalue weighted by molar-refractivity contribution is 0.510. The summed E-state index contributed by atoms with van der Waals surface area (Å²) in [6.45, 7) is 0.314. The third-order valence-electron chi connectivity index (χ3n) is 5.22. The minimum absolute atomic E-state index is 0.208. The highest BCUT2D eigenvalue weighted by Gasteiger charge is 2.25. The van der Waals surface area contributed by atoms with Gasteiger partial charge in [0.05, 0.1) is 17.3 Å². The number of fused-ring (bicyclic) bond motifs is 1. The Labute approximate surface area is 197 Å². The Hall–Kier alpha value is -2.58. The second kappa shape index (κ2) is 9.11. The van der Waals surface area contributed by atoms with Crippen molar-refractivity contribution in [3.63, 3.8) is 0 Å². The van der Waals surface area contributed by atoms with Crippen molar-refractivity contribution in [2.45, 2.75) is 17.5 Å². The molecule has 4 aromatic rings. The van der Waals surface area contributed by atoms with Crippen LogP contribution in [0.3, 0.4) is 0 Å². The van der Waals surface area contributed by atoms with Crippen LogP contribution in [0.15, 0.2) is 78.2 Å². The standard InChI is InChI=1S/C23H22Cl2N4O2S/c1-28(2)22-7-3-6-18-17(22)5-4-8-23(18)32(30,31)27-21(14-29-12-11-26-15-29)19-10-9-16(24)13-20(19)25/h3-13,15,21,27H,14H2,1-2H3. The minimum Gasteiger partial charge on any atom is -0.377 e. The zero-order chi connectivity index (χ0) is 22.9. The number of sulfonamides is 1. The van der Waals surface area contributed by atoms with E-state index in [1.165, 1.54) is 0 Å². The maximum absolute atomic E-state index is 13.6. The molecule has 0 aliphatic carbocycles. The summed E-state index contributed by atoms with van der Waals surface area (Å²) in [7, 11) is -0.0437. The van der Waals surface area contributed by atoms with Crippen LogP contribution in [0.4, 0.5) is 5.69 Å². The van der Waals surface area contributed by atoms with Crippen molar-refractivity contribution < 1.29 is 8.42 Å². The number of aromatic nitrogens is 2. The quantitative estimate of drug-likeness (QED) is 0.391. The van der Waals surface area contributed by atoms with Crippen LogP contribution in [-0.2, 0) is 16.6 Å². The van der Waals surface area contributed by atoms with Crippen LogP contribution >= 0.6 is 23.2 Å². The van der Waals surface area contributed by atoms with E-state index in [0.29, 0.717) is 27.5 Å². The molecular formula is C23H22Cl2N4O2S. The van der Waals surface area contributed by atoms with Crippen LogP contribution < -0.4 is 9.62 Å². The second-order valence-corrected chi connectivity index (χ2v) is 10.1. The topological polar surface area (TPSA) is 67.2 Å². The first kappa shape index (κ1) is 22.6. The van der Waals surface area contributed by atoms with Gasteiger partial charge in [0.1, 0.15) is 0 Å². The molecule has 3 aromatic carbocycles. The molecule has 0 amide bonds. The number of rotatable bonds is 7. The summed E-state index contributed by atoms with van der Waals surface area (Å²) in [4.78, 5) is 6.22. The van der Waals surface area contributed by atoms with Crippen molar-refractivity contribution in [3.8, 4) is 0 Å². The molecule has 6 nitrogen and oxygen atoms in total. The molecule has 0 bridgehead atoms. The van der Waals surface area contributed by atoms with Gasteiger partial charge in [-0.2, -0.15) is 0 Å². The number of hydrogen-bond acceptors (Lipinski definition) is 4. The summed E-state index contributed by atoms with van der Waals surface area (Å²) in [5.74, 6) is 0. The smallest absolute Gasteiger partial charge is 0.241 e. The van der Waals surface area contributed by atoms with Gasteiger partial charge in [0.2, 0.25) is 10.0 Å². The van der Waals surface area contributed by atoms with Gasteiger partial charge in [-0.05, 0) is 29.8 Å². The summed E-state index contributed by atoms with van der Waals surface area (Å²) in [5.41, 5.74) is 1.57. The van der Waals surface area contributed by atoms with E-state index >= 15 is 0 Å². The highest BCUT2D eigenvalue weighted by atomic mass is 35.5. The fraction of sp³-hybridized carbons (Fsp3) is 0.174. The third-order valence-corrected chi connectivity index (χ3v) is 7.31. The number of benzene rings is 3. The van der Waals surface area contributed by atoms with Gasteiger partial charge in [-0.25, -0.2) is 18.1 Å². The van der Waals surface area contributed by atoms with Crippen LogP contribution in [0.25, 0.3) is 10.8 Å². The predicted octanol–water partition coefficient (Wildman–Crippen LogP) is 5.13. The Morgan fingerprint density at radius 2 is 1.81 bits per heavy atom. The molecule has 0 aliphatic heterocycles. The van der Waals surface area contributed by atoms with Gasteiger partial charge in [-0.3, -0.25) is 0 Å². The largest absolute Gasteiger partial charge is 0.377 e. The molecule has 0 saturated carbocycles. The number of nitrogens with one attached hydrogen (secondary N) is 1. The van der Waals surface area contributed by atoms with E-state index in [1.54, 1.807) is 53.6 Å². The molecule has 1 unspecified atom stereocenters. The van der Waals surface area contributed by atoms with Gasteiger partial charge in [0.15, 0.2) is 0 Å². The maximum Gasteiger partial charge on any atom is 0.241 e. The third kappa shape index (κ3) is 4.61. The molecule has 1 heterocycles. The highest BCUT2D eigenvalue weighted by molar-refractivity contribution is 7.89. The Kier molecular flexibility index (Phi) is 6.44. The summed E-state index contributed by atoms with van der Waals surface area (Å²) < 4.78 is 31.8. The lowest BCUT2D eigenvalue weighted by Gasteiger charge is -2.22. The number of nitrogens with zero attached hydrogens (tertiary/aromatic N) is 3. The van der Waals surface area contributed by atoms with Crippen LogP contribution in [-0.4, -0.2) is 32.1 Å². The van der Waals surface area contributed by atoms with Crippen molar-refractivity contribution >= 4 is 49.7 Å². The maximum atomic E-state index is 13.6. The van der Waals surface area contributed by atoms with E-state index < -0.39 is 16.1 Å². The zero-order valence-electron chi connectivity index (χ0n) is 17.5. The summed E-state index contributed by atoms with van der Waals surface area (Å²) in [6.07, 6.45) is 5.04. The molecule has 0 aliphatic rings. The zero-order valence-corrected chi connectivity index (χ0v) is 19.9. The highest BCUT2D eigenvalue weighted by Crippen LogP contribution is 2.32. The van der Waals surface area contributed by atoms with Crippen molar-refractivity contribution in [3.05, 3.63) is 88.9 Å². The van der Waals surface area contributed by atoms with E-state index in [1.807, 2.05) is 43.3 Å². The molecular weight excluding hydrogens is 467 g/mol. The fourth-order valence-corrected chi connectivity index (χ4v) is 5.70. The van der Waals surface area contributed by atoms with Gasteiger partial charge < -0.3 is 9.47 Å². The van der Waals surface area contributed by atoms with Crippen LogP contribution in [0.1, 0.15) is 11.6 Å². The number of hydrogen-bond donors (Lipinski definition) is 1. The Morgan fingerprint density at radius 1 is 1.06 bits per heavy atom. The van der Waals surface area contributed by atoms with Gasteiger partial charge in [-0.15, -0.1) is 0 Å². The van der Waals surface area contributed by atoms with E-state index in [9.17, 15) is 8.42 Å². The van der Waals surface area contributed by atoms with Gasteiger partial charge in [0.25, 0.3) is 0 Å². The lowest BCUT2D eigenvalue weighted by atomic mass is 10.1. The van der Waals surface area contributed by atoms with Crippen molar-refractivity contribution in [2.24, 2.45) is 0 Å². The molecule has 1 aromatic heterocycles. The molecule has 0 spiro atoms. The van der Waals surface area contributed by atoms with E-state index in [4.69, 9.17) is 23.2 Å². The van der Waals surface area contributed by atoms with E-state index in [0.717, 1.165) is 11.1 Å². The number of imidazole rings is 1. The molecule has 0 fully saturated rings. The monoisotopic (exact) mass is 488 g/mol. The van der Waals surface area contributed by atoms with Crippen molar-refractivity contribution in [2.75, 3.05) is 19.0 Å². The summed E-state index contributed by atoms with van der Waals surface area (Å²) in [5, 5.41) is 2.37. The molecule has 0 radical (unpaired) electrons. The van der Waals surface area contributed by atoms with Crippen molar-refractivity contribution in [1.29, 1.82) is 0 Å². The Bertz CT molecular complexity index is 1360. The molecule has 32 heavy (non-hydrogen) atoms. The van der Waals surface area contributed by atoms with Crippen molar-refractivity contribution in [1.82, 2.24) is 14.3 Å². The first-order valence-corrected chi connectivity index (χ1v) is 12.1. The molecule has 1 N–H and O–H groups in total. The molecule has 1 atom stereocenters. The normalized spacial score (nSPS) is 12.8. The van der Waals surface area contributed by atoms with Gasteiger partial charge >= 0.3 is 0 Å². The first-order valence-electron chi connectivity index (χ1n) is 9.88. The van der Waals surface area contributed by atoms with E-state index in [2.05, 4.69) is 9.71 Å². The lowest BCUT2D eigenvalue weighted by Crippen LogP contribution is -2.31. The Balaban J connectivity index is 1.79. The molecule has 0 saturated heterocycles. The average molecular weight is 489 g/mol. The summed E-state index contributed by atoms with van der Waals surface area (Å²) >= 11 is 12.5. The van der Waals surface area contributed by atoms with Gasteiger partial charge in [0, 0.05) is 59.5 Å². The minimum atomic E-state index is -3.90. The predicted molar refractivity (Wildman–Crippen MR) is 130 cm³/mol. The molecule has 4 rings (SSSR count). The number of anilines is 1. The fourth-order valence-electron chi connectivity index (χ4n) is 3.73. The SMILES string of the molecule is CN(C)c1cccc2c(S(=O)(=O)NC(Cn3ccnc3)c3ccc(Cl)cc3Cl)cccc12. The van der Waals surface area contributed by atoms with Crippen LogP contribution in [0, 0.1) is 0 Å². The number of halogens is 2. The summed E-state index contributed by atoms with van der Waals surface area (Å²) in [6, 6.07) is 15.3. The second-order valence-electron chi connectivity index (χ2n) is 7.62. The average Bonchev–Trinajstić information content (AvgIpc) is 3.25. The van der Waals surface area contributed by atoms with Crippen LogP contribution in [0.5, 0.6) is 0 Å². The first-order chi connectivity index (χ1) is 15.3. The van der Waals surface area contributed by atoms with E-state index in [-0.39, 0.29) is 4.90 Å². The van der Waals surface area contributed by atoms with Gasteiger partial charge in [-0.1, -0.05) is 53.5 Å². The molecule has 166 valence electrons.